The Morgan fingerprint density at radius 2 is 1.41 bits per heavy atom. The number of hydrogen-bond acceptors (Lipinski definition) is 4. The van der Waals surface area contributed by atoms with E-state index in [1.54, 1.807) is 0 Å². The van der Waals surface area contributed by atoms with Gasteiger partial charge in [0.05, 0.1) is 5.82 Å². The molecule has 7 heteroatoms. The van der Waals surface area contributed by atoms with E-state index in [9.17, 15) is 0 Å². The Bertz CT molecular complexity index is 2770. The van der Waals surface area contributed by atoms with Gasteiger partial charge in [-0.05, 0) is 80.5 Å². The van der Waals surface area contributed by atoms with Gasteiger partial charge >= 0.3 is 21.1 Å². The van der Waals surface area contributed by atoms with E-state index in [1.807, 2.05) is 18.6 Å². The van der Waals surface area contributed by atoms with Crippen LogP contribution in [-0.4, -0.2) is 24.3 Å². The van der Waals surface area contributed by atoms with Gasteiger partial charge in [-0.25, -0.2) is 4.98 Å². The van der Waals surface area contributed by atoms with E-state index >= 15 is 0 Å². The van der Waals surface area contributed by atoms with Gasteiger partial charge in [-0.15, -0.1) is 40.3 Å². The summed E-state index contributed by atoms with van der Waals surface area (Å²) in [5, 5.41) is 11.3. The number of hydrogen-bond donors (Lipinski definition) is 0. The molecule has 59 heavy (non-hydrogen) atoms. The molecule has 0 fully saturated rings. The maximum Gasteiger partial charge on any atom is 2.00 e. The van der Waals surface area contributed by atoms with Crippen molar-refractivity contribution in [1.82, 2.24) is 24.3 Å². The molecule has 8 aromatic rings. The van der Waals surface area contributed by atoms with Crippen molar-refractivity contribution in [1.29, 1.82) is 0 Å². The smallest absolute Gasteiger partial charge is 0.503 e. The Balaban J connectivity index is 0.00000528. The first-order valence-corrected chi connectivity index (χ1v) is 20.4. The van der Waals surface area contributed by atoms with Gasteiger partial charge in [0.25, 0.3) is 0 Å². The number of nitrogens with zero attached hydrogens (tertiary/aromatic N) is 5. The maximum absolute atomic E-state index is 6.89. The van der Waals surface area contributed by atoms with Crippen molar-refractivity contribution in [3.63, 3.8) is 0 Å². The molecule has 0 unspecified atom stereocenters. The van der Waals surface area contributed by atoms with Crippen LogP contribution in [0.25, 0.3) is 55.8 Å². The van der Waals surface area contributed by atoms with Gasteiger partial charge in [0.15, 0.2) is 0 Å². The Labute approximate surface area is 364 Å². The van der Waals surface area contributed by atoms with Gasteiger partial charge < -0.3 is 13.9 Å². The predicted molar refractivity (Wildman–Crippen MR) is 239 cm³/mol. The summed E-state index contributed by atoms with van der Waals surface area (Å²) in [5.41, 5.74) is 12.0. The van der Waals surface area contributed by atoms with Gasteiger partial charge in [0, 0.05) is 28.9 Å². The number of rotatable bonds is 8. The number of pyridine rings is 1. The molecule has 3 heterocycles. The van der Waals surface area contributed by atoms with Crippen LogP contribution in [0.5, 0.6) is 11.5 Å². The molecule has 302 valence electrons. The first-order valence-electron chi connectivity index (χ1n) is 20.4. The van der Waals surface area contributed by atoms with Crippen molar-refractivity contribution in [2.75, 3.05) is 0 Å². The average molecular weight is 959 g/mol. The van der Waals surface area contributed by atoms with Crippen molar-refractivity contribution in [2.24, 2.45) is 0 Å². The summed E-state index contributed by atoms with van der Waals surface area (Å²) in [6.07, 6.45) is 3.79. The Morgan fingerprint density at radius 3 is 2.07 bits per heavy atom. The van der Waals surface area contributed by atoms with Crippen molar-refractivity contribution in [2.45, 2.75) is 98.8 Å². The van der Waals surface area contributed by atoms with Crippen LogP contribution in [-0.2, 0) is 31.9 Å². The molecular formula is C52H53N5OPt. The molecule has 3 aromatic heterocycles. The molecule has 0 aliphatic rings. The largest absolute Gasteiger partial charge is 2.00 e. The average Bonchev–Trinajstić information content (AvgIpc) is 3.80. The molecule has 0 bridgehead atoms. The SMILES string of the molecule is Cc1cnc(-n2c3[c-]c(Oc4[c-]c(-c5nncn5-c5c(C(C)C)cccc5C(C)C)ccc4C(C)(C)C)ccc3c3ccccc32)cc1-c1ccc(C(C)(C)C)cc1.[Pt+2]. The second-order valence-corrected chi connectivity index (χ2v) is 18.2. The Kier molecular flexibility index (Phi) is 11.4. The maximum atomic E-state index is 6.89. The number of fused-ring (bicyclic) bond motifs is 3. The molecule has 6 nitrogen and oxygen atoms in total. The minimum absolute atomic E-state index is 0. The normalized spacial score (nSPS) is 12.2. The molecule has 0 radical (unpaired) electrons. The molecule has 0 atom stereocenters. The molecule has 0 saturated carbocycles. The topological polar surface area (TPSA) is 57.8 Å². The van der Waals surface area contributed by atoms with Crippen molar-refractivity contribution < 1.29 is 25.8 Å². The number of aryl methyl sites for hydroxylation is 1. The molecular weight excluding hydrogens is 906 g/mol. The molecule has 0 amide bonds. The summed E-state index contributed by atoms with van der Waals surface area (Å²) in [5.74, 6) is 3.40. The molecule has 0 spiro atoms. The minimum atomic E-state index is -0.223. The molecule has 0 saturated heterocycles. The second-order valence-electron chi connectivity index (χ2n) is 18.2. The van der Waals surface area contributed by atoms with Crippen molar-refractivity contribution >= 4 is 21.8 Å². The Morgan fingerprint density at radius 1 is 0.712 bits per heavy atom. The van der Waals surface area contributed by atoms with E-state index in [2.05, 4.69) is 199 Å². The van der Waals surface area contributed by atoms with E-state index in [1.165, 1.54) is 16.7 Å². The van der Waals surface area contributed by atoms with Gasteiger partial charge in [0.1, 0.15) is 12.1 Å². The van der Waals surface area contributed by atoms with Crippen LogP contribution in [0.3, 0.4) is 0 Å². The van der Waals surface area contributed by atoms with Crippen LogP contribution >= 0.6 is 0 Å². The fourth-order valence-electron chi connectivity index (χ4n) is 8.02. The quantitative estimate of drug-likeness (QED) is 0.142. The van der Waals surface area contributed by atoms with Crippen LogP contribution < -0.4 is 4.74 Å². The summed E-state index contributed by atoms with van der Waals surface area (Å²) >= 11 is 0. The first kappa shape index (κ1) is 41.8. The fourth-order valence-corrected chi connectivity index (χ4v) is 8.02. The summed E-state index contributed by atoms with van der Waals surface area (Å²) in [6.45, 7) is 24.4. The third kappa shape index (κ3) is 7.92. The molecule has 8 rings (SSSR count). The van der Waals surface area contributed by atoms with Crippen LogP contribution in [0.1, 0.15) is 109 Å². The number of para-hydroxylation sites is 2. The van der Waals surface area contributed by atoms with Gasteiger partial charge in [0.2, 0.25) is 0 Å². The zero-order chi connectivity index (χ0) is 41.1. The second kappa shape index (κ2) is 16.0. The van der Waals surface area contributed by atoms with E-state index in [-0.39, 0.29) is 31.9 Å². The number of aromatic nitrogens is 5. The summed E-state index contributed by atoms with van der Waals surface area (Å²) in [6, 6.07) is 41.9. The zero-order valence-electron chi connectivity index (χ0n) is 36.0. The van der Waals surface area contributed by atoms with E-state index < -0.39 is 0 Å². The van der Waals surface area contributed by atoms with E-state index in [0.717, 1.165) is 61.1 Å². The van der Waals surface area contributed by atoms with Gasteiger partial charge in [-0.1, -0.05) is 147 Å². The molecule has 5 aromatic carbocycles. The predicted octanol–water partition coefficient (Wildman–Crippen LogP) is 13.6. The number of ether oxygens (including phenoxy) is 1. The van der Waals surface area contributed by atoms with Crippen molar-refractivity contribution in [3.8, 4) is 45.5 Å². The first-order chi connectivity index (χ1) is 27.6. The number of benzene rings is 5. The summed E-state index contributed by atoms with van der Waals surface area (Å²) in [7, 11) is 0. The van der Waals surface area contributed by atoms with Crippen LogP contribution in [0.2, 0.25) is 0 Å². The standard InChI is InChI=1S/C52H53N5O.Pt/c1-32(2)39-16-14-17-40(33(3)4)49(39)56-31-54-55-50(56)36-21-26-44(52(9,10)11)47(27-36)58-38-24-25-42-41-15-12-13-18-45(41)57(46(42)28-38)48-29-43(34(5)30-53-48)35-19-22-37(23-20-35)51(6,7)8;/h12-26,29-33H,1-11H3;/q-2;+2. The third-order valence-corrected chi connectivity index (χ3v) is 11.2. The van der Waals surface area contributed by atoms with Gasteiger partial charge in [-0.3, -0.25) is 0 Å². The van der Waals surface area contributed by atoms with E-state index in [4.69, 9.17) is 9.72 Å². The Hall–Kier alpha value is -5.32. The molecule has 0 N–H and O–H groups in total. The molecule has 0 aliphatic heterocycles. The van der Waals surface area contributed by atoms with Crippen LogP contribution in [0.15, 0.2) is 110 Å². The van der Waals surface area contributed by atoms with Gasteiger partial charge in [-0.2, -0.15) is 11.2 Å². The zero-order valence-corrected chi connectivity index (χ0v) is 38.3. The summed E-state index contributed by atoms with van der Waals surface area (Å²) in [4.78, 5) is 5.01. The van der Waals surface area contributed by atoms with E-state index in [0.29, 0.717) is 29.2 Å². The molecule has 0 aliphatic carbocycles. The fraction of sp³-hybridized carbons (Fsp3) is 0.288. The third-order valence-electron chi connectivity index (χ3n) is 11.2. The van der Waals surface area contributed by atoms with Crippen LogP contribution in [0, 0.1) is 19.1 Å². The van der Waals surface area contributed by atoms with Crippen molar-refractivity contribution in [3.05, 3.63) is 150 Å². The summed E-state index contributed by atoms with van der Waals surface area (Å²) < 4.78 is 11.2. The van der Waals surface area contributed by atoms with Crippen LogP contribution in [0.4, 0.5) is 0 Å². The minimum Gasteiger partial charge on any atom is -0.503 e. The monoisotopic (exact) mass is 958 g/mol.